The first-order valence-corrected chi connectivity index (χ1v) is 7.45. The standard InChI is InChI=1S/C15H20ClN3/c16-11-5-6-14(12(9-11)15(17)18)19-8-7-10-3-1-2-4-13(10)19/h5-6,9-10,13H,1-4,7-8H2,(H3,17,18). The highest BCUT2D eigenvalue weighted by Gasteiger charge is 2.36. The van der Waals surface area contributed by atoms with Gasteiger partial charge in [0.15, 0.2) is 0 Å². The van der Waals surface area contributed by atoms with Crippen LogP contribution in [0.25, 0.3) is 0 Å². The highest BCUT2D eigenvalue weighted by Crippen LogP contribution is 2.40. The zero-order valence-corrected chi connectivity index (χ0v) is 11.8. The van der Waals surface area contributed by atoms with Gasteiger partial charge in [-0.3, -0.25) is 5.41 Å². The van der Waals surface area contributed by atoms with Crippen molar-refractivity contribution in [1.82, 2.24) is 0 Å². The molecule has 3 N–H and O–H groups in total. The molecule has 1 aliphatic heterocycles. The van der Waals surface area contributed by atoms with Gasteiger partial charge in [0.2, 0.25) is 0 Å². The molecule has 2 aliphatic rings. The molecular weight excluding hydrogens is 258 g/mol. The van der Waals surface area contributed by atoms with Crippen LogP contribution < -0.4 is 10.6 Å². The van der Waals surface area contributed by atoms with Gasteiger partial charge >= 0.3 is 0 Å². The van der Waals surface area contributed by atoms with E-state index >= 15 is 0 Å². The van der Waals surface area contributed by atoms with E-state index in [1.54, 1.807) is 0 Å². The van der Waals surface area contributed by atoms with Gasteiger partial charge in [0, 0.05) is 28.9 Å². The first kappa shape index (κ1) is 12.8. The van der Waals surface area contributed by atoms with Gasteiger partial charge in [0.25, 0.3) is 0 Å². The van der Waals surface area contributed by atoms with Crippen LogP contribution in [0.5, 0.6) is 0 Å². The van der Waals surface area contributed by atoms with Gasteiger partial charge in [-0.05, 0) is 43.4 Å². The highest BCUT2D eigenvalue weighted by atomic mass is 35.5. The Hall–Kier alpha value is -1.22. The third kappa shape index (κ3) is 2.32. The molecule has 0 amide bonds. The zero-order chi connectivity index (χ0) is 13.4. The summed E-state index contributed by atoms with van der Waals surface area (Å²) in [5, 5.41) is 8.41. The van der Waals surface area contributed by atoms with E-state index in [1.807, 2.05) is 18.2 Å². The predicted molar refractivity (Wildman–Crippen MR) is 80.2 cm³/mol. The van der Waals surface area contributed by atoms with Crippen LogP contribution in [0.2, 0.25) is 5.02 Å². The fourth-order valence-electron chi connectivity index (χ4n) is 3.68. The molecule has 0 radical (unpaired) electrons. The first-order chi connectivity index (χ1) is 9.16. The number of rotatable bonds is 2. The minimum atomic E-state index is 0.108. The van der Waals surface area contributed by atoms with E-state index in [0.717, 1.165) is 23.7 Å². The molecule has 1 aliphatic carbocycles. The number of nitrogens with one attached hydrogen (secondary N) is 1. The van der Waals surface area contributed by atoms with E-state index in [4.69, 9.17) is 22.7 Å². The lowest BCUT2D eigenvalue weighted by atomic mass is 9.85. The van der Waals surface area contributed by atoms with Crippen LogP contribution in [0.4, 0.5) is 5.69 Å². The number of fused-ring (bicyclic) bond motifs is 1. The molecule has 102 valence electrons. The number of hydrogen-bond donors (Lipinski definition) is 2. The second kappa shape index (κ2) is 5.04. The molecule has 4 heteroatoms. The average molecular weight is 278 g/mol. The van der Waals surface area contributed by atoms with Crippen molar-refractivity contribution in [3.8, 4) is 0 Å². The largest absolute Gasteiger partial charge is 0.384 e. The minimum absolute atomic E-state index is 0.108. The average Bonchev–Trinajstić information content (AvgIpc) is 2.82. The molecule has 1 heterocycles. The Balaban J connectivity index is 1.95. The van der Waals surface area contributed by atoms with Crippen molar-refractivity contribution in [2.24, 2.45) is 11.7 Å². The van der Waals surface area contributed by atoms with Crippen LogP contribution in [0.15, 0.2) is 18.2 Å². The van der Waals surface area contributed by atoms with Crippen LogP contribution in [0, 0.1) is 11.3 Å². The topological polar surface area (TPSA) is 53.1 Å². The normalized spacial score (nSPS) is 26.3. The summed E-state index contributed by atoms with van der Waals surface area (Å²) < 4.78 is 0. The molecule has 2 unspecified atom stereocenters. The van der Waals surface area contributed by atoms with Gasteiger partial charge < -0.3 is 10.6 Å². The molecule has 0 aromatic heterocycles. The number of halogens is 1. The van der Waals surface area contributed by atoms with Crippen LogP contribution in [-0.2, 0) is 0 Å². The Labute approximate surface area is 119 Å². The van der Waals surface area contributed by atoms with Crippen molar-refractivity contribution in [3.63, 3.8) is 0 Å². The molecule has 1 saturated carbocycles. The van der Waals surface area contributed by atoms with E-state index < -0.39 is 0 Å². The first-order valence-electron chi connectivity index (χ1n) is 7.07. The maximum absolute atomic E-state index is 7.76. The number of anilines is 1. The van der Waals surface area contributed by atoms with E-state index in [1.165, 1.54) is 32.1 Å². The lowest BCUT2D eigenvalue weighted by molar-refractivity contribution is 0.342. The maximum atomic E-state index is 7.76. The Morgan fingerprint density at radius 1 is 1.26 bits per heavy atom. The molecule has 0 bridgehead atoms. The minimum Gasteiger partial charge on any atom is -0.384 e. The van der Waals surface area contributed by atoms with Crippen LogP contribution in [-0.4, -0.2) is 18.4 Å². The zero-order valence-electron chi connectivity index (χ0n) is 11.0. The maximum Gasteiger partial charge on any atom is 0.124 e. The van der Waals surface area contributed by atoms with E-state index in [-0.39, 0.29) is 5.84 Å². The number of nitrogens with two attached hydrogens (primary N) is 1. The van der Waals surface area contributed by atoms with Gasteiger partial charge in [-0.1, -0.05) is 24.4 Å². The summed E-state index contributed by atoms with van der Waals surface area (Å²) in [7, 11) is 0. The fourth-order valence-corrected chi connectivity index (χ4v) is 3.85. The van der Waals surface area contributed by atoms with E-state index in [2.05, 4.69) is 4.90 Å². The predicted octanol–water partition coefficient (Wildman–Crippen LogP) is 3.39. The SMILES string of the molecule is N=C(N)c1cc(Cl)ccc1N1CCC2CCCCC21. The van der Waals surface area contributed by atoms with Crippen molar-refractivity contribution in [2.75, 3.05) is 11.4 Å². The summed E-state index contributed by atoms with van der Waals surface area (Å²) in [6, 6.07) is 6.37. The molecule has 19 heavy (non-hydrogen) atoms. The van der Waals surface area contributed by atoms with Crippen molar-refractivity contribution in [3.05, 3.63) is 28.8 Å². The molecule has 1 aromatic carbocycles. The van der Waals surface area contributed by atoms with Crippen molar-refractivity contribution in [2.45, 2.75) is 38.1 Å². The molecule has 2 fully saturated rings. The molecule has 2 atom stereocenters. The fraction of sp³-hybridized carbons (Fsp3) is 0.533. The van der Waals surface area contributed by atoms with Gasteiger partial charge in [-0.15, -0.1) is 0 Å². The Kier molecular flexibility index (Phi) is 3.40. The van der Waals surface area contributed by atoms with Gasteiger partial charge in [-0.2, -0.15) is 0 Å². The monoisotopic (exact) mass is 277 g/mol. The van der Waals surface area contributed by atoms with Gasteiger partial charge in [-0.25, -0.2) is 0 Å². The Bertz CT molecular complexity index is 500. The van der Waals surface area contributed by atoms with Crippen LogP contribution >= 0.6 is 11.6 Å². The van der Waals surface area contributed by atoms with E-state index in [9.17, 15) is 0 Å². The summed E-state index contributed by atoms with van der Waals surface area (Å²) in [6.07, 6.45) is 6.58. The quantitative estimate of drug-likeness (QED) is 0.643. The summed E-state index contributed by atoms with van der Waals surface area (Å²) in [6.45, 7) is 1.08. The number of nitrogens with zero attached hydrogens (tertiary/aromatic N) is 1. The second-order valence-electron chi connectivity index (χ2n) is 5.67. The van der Waals surface area contributed by atoms with Crippen LogP contribution in [0.1, 0.15) is 37.7 Å². The number of nitrogen functional groups attached to an aromatic ring is 1. The summed E-state index contributed by atoms with van der Waals surface area (Å²) in [5.41, 5.74) is 7.58. The summed E-state index contributed by atoms with van der Waals surface area (Å²) >= 11 is 6.03. The highest BCUT2D eigenvalue weighted by molar-refractivity contribution is 6.31. The van der Waals surface area contributed by atoms with Crippen LogP contribution in [0.3, 0.4) is 0 Å². The van der Waals surface area contributed by atoms with Crippen molar-refractivity contribution in [1.29, 1.82) is 5.41 Å². The van der Waals surface area contributed by atoms with Crippen molar-refractivity contribution >= 4 is 23.1 Å². The molecule has 1 aromatic rings. The van der Waals surface area contributed by atoms with Gasteiger partial charge in [0.1, 0.15) is 5.84 Å². The molecule has 1 saturated heterocycles. The van der Waals surface area contributed by atoms with E-state index in [0.29, 0.717) is 11.1 Å². The number of benzene rings is 1. The number of amidine groups is 1. The number of hydrogen-bond acceptors (Lipinski definition) is 2. The molecule has 3 nitrogen and oxygen atoms in total. The molecule has 3 rings (SSSR count). The smallest absolute Gasteiger partial charge is 0.124 e. The summed E-state index contributed by atoms with van der Waals surface area (Å²) in [5.74, 6) is 0.931. The third-order valence-electron chi connectivity index (χ3n) is 4.57. The third-order valence-corrected chi connectivity index (χ3v) is 4.80. The second-order valence-corrected chi connectivity index (χ2v) is 6.11. The lowest BCUT2D eigenvalue weighted by Gasteiger charge is -2.34. The molecular formula is C15H20ClN3. The molecule has 0 spiro atoms. The van der Waals surface area contributed by atoms with Crippen molar-refractivity contribution < 1.29 is 0 Å². The Morgan fingerprint density at radius 3 is 2.84 bits per heavy atom. The van der Waals surface area contributed by atoms with Gasteiger partial charge in [0.05, 0.1) is 0 Å². The Morgan fingerprint density at radius 2 is 2.05 bits per heavy atom. The lowest BCUT2D eigenvalue weighted by Crippen LogP contribution is -2.36. The summed E-state index contributed by atoms with van der Waals surface area (Å²) in [4.78, 5) is 2.46.